The van der Waals surface area contributed by atoms with Gasteiger partial charge in [0.1, 0.15) is 12.6 Å². The zero-order valence-electron chi connectivity index (χ0n) is 24.7. The van der Waals surface area contributed by atoms with Gasteiger partial charge in [-0.15, -0.1) is 0 Å². The van der Waals surface area contributed by atoms with E-state index in [9.17, 15) is 18.4 Å². The number of nitrogens with one attached hydrogen (secondary N) is 1. The number of hydrogen-bond acceptors (Lipinski definition) is 4. The molecule has 1 atom stereocenters. The molecule has 0 bridgehead atoms. The van der Waals surface area contributed by atoms with E-state index in [1.54, 1.807) is 30.3 Å². The average molecular weight is 595 g/mol. The summed E-state index contributed by atoms with van der Waals surface area (Å²) in [7, 11) is 0. The maximum Gasteiger partial charge on any atom is 0.328 e. The van der Waals surface area contributed by atoms with E-state index < -0.39 is 12.0 Å². The Hall–Kier alpha value is -4.62. The lowest BCUT2D eigenvalue weighted by molar-refractivity contribution is -0.149. The summed E-state index contributed by atoms with van der Waals surface area (Å²) in [5, 5.41) is 2.98. The number of alkyl halides is 2. The molecule has 1 aliphatic rings. The Bertz CT molecular complexity index is 1570. The van der Waals surface area contributed by atoms with Crippen LogP contribution in [0.2, 0.25) is 0 Å². The summed E-state index contributed by atoms with van der Waals surface area (Å²) in [6.07, 6.45) is 3.35. The van der Waals surface area contributed by atoms with Crippen molar-refractivity contribution in [3.05, 3.63) is 138 Å². The molecule has 226 valence electrons. The van der Waals surface area contributed by atoms with E-state index in [0.29, 0.717) is 28.3 Å². The van der Waals surface area contributed by atoms with Gasteiger partial charge in [-0.2, -0.15) is 0 Å². The number of esters is 1. The van der Waals surface area contributed by atoms with Crippen molar-refractivity contribution in [2.45, 2.75) is 37.6 Å². The molecule has 1 heterocycles. The molecule has 44 heavy (non-hydrogen) atoms. The van der Waals surface area contributed by atoms with E-state index in [0.717, 1.165) is 38.4 Å². The van der Waals surface area contributed by atoms with Crippen LogP contribution in [0.5, 0.6) is 0 Å². The summed E-state index contributed by atoms with van der Waals surface area (Å²) < 4.78 is 32.8. The van der Waals surface area contributed by atoms with Crippen molar-refractivity contribution in [1.29, 1.82) is 0 Å². The summed E-state index contributed by atoms with van der Waals surface area (Å²) in [5.74, 6) is -3.14. The third-order valence-corrected chi connectivity index (χ3v) is 8.09. The third kappa shape index (κ3) is 7.29. The second-order valence-electron chi connectivity index (χ2n) is 11.1. The first-order valence-corrected chi connectivity index (χ1v) is 14.8. The van der Waals surface area contributed by atoms with Crippen LogP contribution in [0.1, 0.15) is 58.8 Å². The minimum Gasteiger partial charge on any atom is -0.460 e. The molecular weight excluding hydrogens is 558 g/mol. The fourth-order valence-electron chi connectivity index (χ4n) is 5.75. The smallest absolute Gasteiger partial charge is 0.328 e. The Morgan fingerprint density at radius 2 is 1.57 bits per heavy atom. The van der Waals surface area contributed by atoms with Gasteiger partial charge in [-0.3, -0.25) is 9.69 Å². The lowest BCUT2D eigenvalue weighted by Gasteiger charge is -2.36. The third-order valence-electron chi connectivity index (χ3n) is 8.09. The minimum absolute atomic E-state index is 0.0732. The molecule has 1 fully saturated rings. The normalized spacial score (nSPS) is 14.9. The number of amides is 1. The quantitative estimate of drug-likeness (QED) is 0.148. The number of ether oxygens (including phenoxy) is 1. The monoisotopic (exact) mass is 594 g/mol. The second-order valence-corrected chi connectivity index (χ2v) is 11.1. The van der Waals surface area contributed by atoms with Crippen LogP contribution in [-0.2, 0) is 15.5 Å². The number of anilines is 1. The molecule has 0 spiro atoms. The molecule has 1 amide bonds. The van der Waals surface area contributed by atoms with Crippen LogP contribution in [0.3, 0.4) is 0 Å². The van der Waals surface area contributed by atoms with Crippen molar-refractivity contribution in [1.82, 2.24) is 4.90 Å². The first kappa shape index (κ1) is 30.8. The maximum absolute atomic E-state index is 13.7. The van der Waals surface area contributed by atoms with Gasteiger partial charge < -0.3 is 10.1 Å². The zero-order chi connectivity index (χ0) is 31.1. The zero-order valence-corrected chi connectivity index (χ0v) is 24.7. The van der Waals surface area contributed by atoms with Gasteiger partial charge in [-0.05, 0) is 72.3 Å². The van der Waals surface area contributed by atoms with E-state index in [1.165, 1.54) is 17.7 Å². The number of nitrogens with zero attached hydrogens (tertiary/aromatic N) is 1. The predicted molar refractivity (Wildman–Crippen MR) is 170 cm³/mol. The molecule has 1 saturated heterocycles. The number of carbonyl (C=O) groups excluding carboxylic acids is 2. The summed E-state index contributed by atoms with van der Waals surface area (Å²) >= 11 is 0. The highest BCUT2D eigenvalue weighted by Gasteiger charge is 2.32. The van der Waals surface area contributed by atoms with Crippen molar-refractivity contribution in [3.8, 4) is 11.1 Å². The topological polar surface area (TPSA) is 58.6 Å². The number of rotatable bonds is 10. The highest BCUT2D eigenvalue weighted by atomic mass is 19.3. The molecule has 1 aliphatic heterocycles. The summed E-state index contributed by atoms with van der Waals surface area (Å²) in [4.78, 5) is 28.4. The van der Waals surface area contributed by atoms with Gasteiger partial charge in [0.2, 0.25) is 0 Å². The molecule has 0 aromatic heterocycles. The van der Waals surface area contributed by atoms with Crippen LogP contribution in [0, 0.1) is 0 Å². The van der Waals surface area contributed by atoms with Crippen molar-refractivity contribution < 1.29 is 23.1 Å². The number of likely N-dealkylation sites (tertiary alicyclic amines) is 1. The van der Waals surface area contributed by atoms with Crippen LogP contribution in [0.4, 0.5) is 14.5 Å². The molecule has 5 rings (SSSR count). The highest BCUT2D eigenvalue weighted by molar-refractivity contribution is 6.08. The van der Waals surface area contributed by atoms with Crippen LogP contribution in [-0.4, -0.2) is 36.5 Å². The van der Waals surface area contributed by atoms with Crippen LogP contribution >= 0.6 is 0 Å². The van der Waals surface area contributed by atoms with Crippen molar-refractivity contribution in [2.24, 2.45) is 0 Å². The Morgan fingerprint density at radius 3 is 2.20 bits per heavy atom. The molecule has 4 aromatic rings. The van der Waals surface area contributed by atoms with Gasteiger partial charge in [0, 0.05) is 23.7 Å². The van der Waals surface area contributed by atoms with E-state index in [2.05, 4.69) is 16.8 Å². The molecule has 7 heteroatoms. The largest absolute Gasteiger partial charge is 0.460 e. The Balaban J connectivity index is 1.23. The number of benzene rings is 4. The molecule has 4 aromatic carbocycles. The fourth-order valence-corrected chi connectivity index (χ4v) is 5.75. The van der Waals surface area contributed by atoms with Crippen molar-refractivity contribution in [2.75, 3.05) is 25.0 Å². The Morgan fingerprint density at radius 1 is 0.932 bits per heavy atom. The Labute approximate surface area is 257 Å². The molecule has 1 N–H and O–H groups in total. The van der Waals surface area contributed by atoms with Crippen molar-refractivity contribution >= 4 is 17.6 Å². The summed E-state index contributed by atoms with van der Waals surface area (Å²) in [5.41, 5.74) is 4.51. The predicted octanol–water partition coefficient (Wildman–Crippen LogP) is 8.37. The maximum atomic E-state index is 13.7. The highest BCUT2D eigenvalue weighted by Crippen LogP contribution is 2.34. The lowest BCUT2D eigenvalue weighted by atomic mass is 9.88. The number of carbonyl (C=O) groups is 2. The molecule has 0 radical (unpaired) electrons. The second kappa shape index (κ2) is 13.8. The molecule has 5 nitrogen and oxygen atoms in total. The van der Waals surface area contributed by atoms with Crippen LogP contribution in [0.25, 0.3) is 11.1 Å². The standard InChI is InChI=1S/C37H36F2N2O3/c1-3-25-44-36(43)34(29-9-5-4-6-10-29)41-23-21-27(22-24-41)26-15-19-31(20-16-26)40-35(42)33-12-8-7-11-32(33)28-13-17-30(18-14-28)37(2,38)39/h3-20,27,34H,1,21-25H2,2H3,(H,40,42). The average Bonchev–Trinajstić information content (AvgIpc) is 3.05. The number of halogens is 2. The molecule has 0 saturated carbocycles. The van der Waals surface area contributed by atoms with Gasteiger partial charge in [0.25, 0.3) is 11.8 Å². The van der Waals surface area contributed by atoms with Gasteiger partial charge >= 0.3 is 5.97 Å². The van der Waals surface area contributed by atoms with Crippen LogP contribution < -0.4 is 5.32 Å². The minimum atomic E-state index is -2.93. The first-order valence-electron chi connectivity index (χ1n) is 14.8. The first-order chi connectivity index (χ1) is 21.2. The van der Waals surface area contributed by atoms with E-state index in [1.807, 2.05) is 66.7 Å². The Kier molecular flexibility index (Phi) is 9.65. The summed E-state index contributed by atoms with van der Waals surface area (Å²) in [6.45, 7) is 6.19. The van der Waals surface area contributed by atoms with Gasteiger partial charge in [-0.1, -0.05) is 97.6 Å². The van der Waals surface area contributed by atoms with E-state index in [4.69, 9.17) is 4.74 Å². The number of piperidine rings is 1. The molecule has 0 aliphatic carbocycles. The molecular formula is C37H36F2N2O3. The lowest BCUT2D eigenvalue weighted by Crippen LogP contribution is -2.40. The van der Waals surface area contributed by atoms with Gasteiger partial charge in [-0.25, -0.2) is 13.6 Å². The van der Waals surface area contributed by atoms with E-state index >= 15 is 0 Å². The summed E-state index contributed by atoms with van der Waals surface area (Å²) in [6, 6.07) is 30.3. The SMILES string of the molecule is C=CCOC(=O)C(c1ccccc1)N1CCC(c2ccc(NC(=O)c3ccccc3-c3ccc(C(C)(F)F)cc3)cc2)CC1. The van der Waals surface area contributed by atoms with Crippen molar-refractivity contribution in [3.63, 3.8) is 0 Å². The van der Waals surface area contributed by atoms with Crippen LogP contribution in [0.15, 0.2) is 116 Å². The van der Waals surface area contributed by atoms with Gasteiger partial charge in [0.05, 0.1) is 0 Å². The van der Waals surface area contributed by atoms with Gasteiger partial charge in [0.15, 0.2) is 0 Å². The fraction of sp³-hybridized carbons (Fsp3) is 0.243. The molecule has 1 unspecified atom stereocenters. The number of hydrogen-bond donors (Lipinski definition) is 1. The van der Waals surface area contributed by atoms with E-state index in [-0.39, 0.29) is 24.0 Å².